The highest BCUT2D eigenvalue weighted by Gasteiger charge is 2.17. The first kappa shape index (κ1) is 20.5. The molecule has 12 heteroatoms. The summed E-state index contributed by atoms with van der Waals surface area (Å²) in [6, 6.07) is 6.58. The number of hydrogen-bond donors (Lipinski definition) is 2. The Morgan fingerprint density at radius 3 is 2.68 bits per heavy atom. The van der Waals surface area contributed by atoms with Gasteiger partial charge in [-0.15, -0.1) is 21.5 Å². The third-order valence-corrected chi connectivity index (χ3v) is 6.81. The van der Waals surface area contributed by atoms with E-state index in [0.29, 0.717) is 16.1 Å². The molecular formula is C16H18N6O3S3. The molecule has 0 saturated carbocycles. The van der Waals surface area contributed by atoms with Crippen LogP contribution in [0.3, 0.4) is 0 Å². The number of rotatable bonds is 8. The minimum Gasteiger partial charge on any atom is -0.308 e. The number of nitrogens with one attached hydrogen (secondary N) is 2. The molecule has 0 aliphatic heterocycles. The molecule has 0 radical (unpaired) electrons. The number of thioether (sulfide) groups is 1. The van der Waals surface area contributed by atoms with Gasteiger partial charge in [-0.3, -0.25) is 4.79 Å². The van der Waals surface area contributed by atoms with E-state index in [1.165, 1.54) is 23.1 Å². The van der Waals surface area contributed by atoms with Crippen LogP contribution in [0.4, 0.5) is 5.13 Å². The van der Waals surface area contributed by atoms with Crippen molar-refractivity contribution in [3.63, 3.8) is 0 Å². The Bertz CT molecular complexity index is 1050. The Morgan fingerprint density at radius 1 is 1.25 bits per heavy atom. The van der Waals surface area contributed by atoms with Gasteiger partial charge < -0.3 is 9.88 Å². The van der Waals surface area contributed by atoms with E-state index in [1.807, 2.05) is 6.92 Å². The van der Waals surface area contributed by atoms with Crippen molar-refractivity contribution in [2.45, 2.75) is 23.5 Å². The lowest BCUT2D eigenvalue weighted by atomic mass is 10.2. The Hall–Kier alpha value is -2.28. The highest BCUT2D eigenvalue weighted by molar-refractivity contribution is 7.99. The van der Waals surface area contributed by atoms with E-state index in [2.05, 4.69) is 25.2 Å². The summed E-state index contributed by atoms with van der Waals surface area (Å²) in [5.41, 5.74) is 0.979. The van der Waals surface area contributed by atoms with Crippen LogP contribution in [0, 0.1) is 6.92 Å². The van der Waals surface area contributed by atoms with Gasteiger partial charge in [0.15, 0.2) is 10.3 Å². The third-order valence-electron chi connectivity index (χ3n) is 3.69. The fraction of sp³-hybridized carbons (Fsp3) is 0.250. The minimum absolute atomic E-state index is 0.00835. The van der Waals surface area contributed by atoms with E-state index >= 15 is 0 Å². The summed E-state index contributed by atoms with van der Waals surface area (Å²) in [5.74, 6) is 0.379. The number of nitrogens with zero attached hydrogens (tertiary/aromatic N) is 4. The molecule has 2 N–H and O–H groups in total. The highest BCUT2D eigenvalue weighted by Crippen LogP contribution is 2.17. The van der Waals surface area contributed by atoms with Crippen molar-refractivity contribution in [2.75, 3.05) is 11.1 Å². The lowest BCUT2D eigenvalue weighted by Gasteiger charge is -2.07. The second kappa shape index (κ2) is 8.82. The van der Waals surface area contributed by atoms with Gasteiger partial charge >= 0.3 is 0 Å². The first-order chi connectivity index (χ1) is 13.3. The molecule has 3 rings (SSSR count). The molecule has 0 atom stereocenters. The van der Waals surface area contributed by atoms with Gasteiger partial charge in [-0.05, 0) is 19.1 Å². The van der Waals surface area contributed by atoms with Crippen molar-refractivity contribution in [3.8, 4) is 0 Å². The van der Waals surface area contributed by atoms with E-state index in [4.69, 9.17) is 0 Å². The standard InChI is InChI=1S/C16H18N6O3S3/c1-11-3-5-12(6-4-11)28(24,25)18-9-13-20-21-16(22(13)2)27-10-14(23)19-15-17-7-8-26-15/h3-8,18H,9-10H2,1-2H3,(H,17,19,23). The molecular weight excluding hydrogens is 420 g/mol. The SMILES string of the molecule is Cc1ccc(S(=O)(=O)NCc2nnc(SCC(=O)Nc3nccs3)n2C)cc1. The summed E-state index contributed by atoms with van der Waals surface area (Å²) in [6.45, 7) is 1.88. The number of aromatic nitrogens is 4. The fourth-order valence-electron chi connectivity index (χ4n) is 2.16. The maximum atomic E-state index is 12.4. The van der Waals surface area contributed by atoms with Crippen LogP contribution in [0.15, 0.2) is 45.9 Å². The Kier molecular flexibility index (Phi) is 6.44. The average molecular weight is 439 g/mol. The molecule has 2 heterocycles. The second-order valence-electron chi connectivity index (χ2n) is 5.77. The number of sulfonamides is 1. The zero-order valence-corrected chi connectivity index (χ0v) is 17.6. The lowest BCUT2D eigenvalue weighted by Crippen LogP contribution is -2.24. The lowest BCUT2D eigenvalue weighted by molar-refractivity contribution is -0.113. The number of thiazole rings is 1. The molecule has 0 spiro atoms. The predicted octanol–water partition coefficient (Wildman–Crippen LogP) is 1.79. The fourth-order valence-corrected chi connectivity index (χ4v) is 4.41. The predicted molar refractivity (Wildman–Crippen MR) is 108 cm³/mol. The van der Waals surface area contributed by atoms with Crippen molar-refractivity contribution in [3.05, 3.63) is 47.2 Å². The van der Waals surface area contributed by atoms with Crippen molar-refractivity contribution in [1.29, 1.82) is 0 Å². The number of amides is 1. The molecule has 28 heavy (non-hydrogen) atoms. The maximum absolute atomic E-state index is 12.4. The molecule has 0 saturated heterocycles. The van der Waals surface area contributed by atoms with Crippen LogP contribution >= 0.6 is 23.1 Å². The van der Waals surface area contributed by atoms with Gasteiger partial charge in [-0.2, -0.15) is 0 Å². The molecule has 148 valence electrons. The van der Waals surface area contributed by atoms with E-state index in [-0.39, 0.29) is 23.1 Å². The number of anilines is 1. The minimum atomic E-state index is -3.65. The number of carbonyl (C=O) groups is 1. The van der Waals surface area contributed by atoms with Crippen LogP contribution in [0.1, 0.15) is 11.4 Å². The monoisotopic (exact) mass is 438 g/mol. The van der Waals surface area contributed by atoms with Gasteiger partial charge in [-0.1, -0.05) is 29.5 Å². The topological polar surface area (TPSA) is 119 Å². The molecule has 0 unspecified atom stereocenters. The van der Waals surface area contributed by atoms with Crippen LogP contribution in [0.5, 0.6) is 0 Å². The van der Waals surface area contributed by atoms with Crippen molar-refractivity contribution in [2.24, 2.45) is 7.05 Å². The van der Waals surface area contributed by atoms with Crippen LogP contribution in [0.2, 0.25) is 0 Å². The van der Waals surface area contributed by atoms with Gasteiger partial charge in [0.1, 0.15) is 5.82 Å². The summed E-state index contributed by atoms with van der Waals surface area (Å²) in [4.78, 5) is 16.1. The van der Waals surface area contributed by atoms with Crippen LogP contribution in [-0.4, -0.2) is 39.8 Å². The molecule has 9 nitrogen and oxygen atoms in total. The van der Waals surface area contributed by atoms with Gasteiger partial charge in [-0.25, -0.2) is 18.1 Å². The molecule has 0 aliphatic rings. The van der Waals surface area contributed by atoms with E-state index in [0.717, 1.165) is 5.56 Å². The van der Waals surface area contributed by atoms with Gasteiger partial charge in [0.2, 0.25) is 15.9 Å². The van der Waals surface area contributed by atoms with Gasteiger partial charge in [0, 0.05) is 18.6 Å². The van der Waals surface area contributed by atoms with Crippen LogP contribution in [-0.2, 0) is 28.4 Å². The largest absolute Gasteiger partial charge is 0.308 e. The summed E-state index contributed by atoms with van der Waals surface area (Å²) >= 11 is 2.54. The summed E-state index contributed by atoms with van der Waals surface area (Å²) < 4.78 is 28.9. The first-order valence-electron chi connectivity index (χ1n) is 8.12. The normalized spacial score (nSPS) is 11.5. The zero-order valence-electron chi connectivity index (χ0n) is 15.1. The third kappa shape index (κ3) is 5.16. The Morgan fingerprint density at radius 2 is 2.00 bits per heavy atom. The van der Waals surface area contributed by atoms with Crippen molar-refractivity contribution < 1.29 is 13.2 Å². The molecule has 0 bridgehead atoms. The first-order valence-corrected chi connectivity index (χ1v) is 11.5. The van der Waals surface area contributed by atoms with Gasteiger partial charge in [0.25, 0.3) is 0 Å². The molecule has 2 aromatic heterocycles. The maximum Gasteiger partial charge on any atom is 0.240 e. The van der Waals surface area contributed by atoms with Crippen LogP contribution in [0.25, 0.3) is 0 Å². The molecule has 3 aromatic rings. The summed E-state index contributed by atoms with van der Waals surface area (Å²) in [7, 11) is -1.93. The van der Waals surface area contributed by atoms with E-state index in [1.54, 1.807) is 47.5 Å². The van der Waals surface area contributed by atoms with Crippen molar-refractivity contribution in [1.82, 2.24) is 24.5 Å². The van der Waals surface area contributed by atoms with Crippen LogP contribution < -0.4 is 10.0 Å². The van der Waals surface area contributed by atoms with Gasteiger partial charge in [0.05, 0.1) is 17.2 Å². The molecule has 1 amide bonds. The zero-order chi connectivity index (χ0) is 20.1. The second-order valence-corrected chi connectivity index (χ2v) is 9.37. The highest BCUT2D eigenvalue weighted by atomic mass is 32.2. The molecule has 1 aromatic carbocycles. The number of aryl methyl sites for hydroxylation is 1. The Labute approximate surface area is 170 Å². The quantitative estimate of drug-likeness (QED) is 0.515. The number of carbonyl (C=O) groups excluding carboxylic acids is 1. The van der Waals surface area contributed by atoms with Crippen molar-refractivity contribution >= 4 is 44.2 Å². The number of hydrogen-bond acceptors (Lipinski definition) is 8. The smallest absolute Gasteiger partial charge is 0.240 e. The van der Waals surface area contributed by atoms with E-state index in [9.17, 15) is 13.2 Å². The molecule has 0 fully saturated rings. The van der Waals surface area contributed by atoms with E-state index < -0.39 is 10.0 Å². The number of benzene rings is 1. The Balaban J connectivity index is 1.57. The molecule has 0 aliphatic carbocycles. The summed E-state index contributed by atoms with van der Waals surface area (Å²) in [5, 5.41) is 13.5. The summed E-state index contributed by atoms with van der Waals surface area (Å²) in [6.07, 6.45) is 1.61. The average Bonchev–Trinajstić information content (AvgIpc) is 3.29.